The number of carbonyl (C=O) groups is 5. The quantitative estimate of drug-likeness (QED) is 0.0162. The Kier molecular flexibility index (Phi) is 24.8. The summed E-state index contributed by atoms with van der Waals surface area (Å²) in [6.45, 7) is 2.82. The zero-order valence-electron chi connectivity index (χ0n) is 30.2. The molecule has 52 heavy (non-hydrogen) atoms. The lowest BCUT2D eigenvalue weighted by molar-refractivity contribution is -0.131. The highest BCUT2D eigenvalue weighted by Crippen LogP contribution is 2.04. The summed E-state index contributed by atoms with van der Waals surface area (Å²) in [6.07, 6.45) is 5.90. The molecule has 18 heteroatoms. The van der Waals surface area contributed by atoms with E-state index in [0.717, 1.165) is 37.9 Å². The third kappa shape index (κ3) is 22.5. The molecule has 4 atom stereocenters. The van der Waals surface area contributed by atoms with E-state index in [9.17, 15) is 29.1 Å². The highest BCUT2D eigenvalue weighted by atomic mass is 16.3. The summed E-state index contributed by atoms with van der Waals surface area (Å²) < 4.78 is 0. The average Bonchev–Trinajstić information content (AvgIpc) is 3.11. The molecule has 1 unspecified atom stereocenters. The van der Waals surface area contributed by atoms with Crippen LogP contribution in [0.5, 0.6) is 0 Å². The number of unbranched alkanes of at least 4 members (excludes halogenated alkanes) is 3. The van der Waals surface area contributed by atoms with E-state index in [1.807, 2.05) is 30.3 Å². The third-order valence-electron chi connectivity index (χ3n) is 8.01. The van der Waals surface area contributed by atoms with Gasteiger partial charge >= 0.3 is 0 Å². The second-order valence-corrected chi connectivity index (χ2v) is 12.5. The standard InChI is InChI=1S/C34H62N12O6/c35-25(13-9-19-44-34(38)39)30(49)41-20-10-16-40-15-8-5-14-27(45-23-47)32(51)42-17-6-2-7-18-43-33(52)28(22-29(37)48)46-31(50)26(36)21-24-11-3-1-4-12-24/h1,3-4,11-12,25-28,40,45,47H,2,5-10,13-23,35-36H2,(H2,37,48)(H,41,49)(H,42,51)(H,43,52)(H,46,50)(H4,38,39,44)/t25-,26-,27?,28-/m0/s1. The Morgan fingerprint density at radius 1 is 0.654 bits per heavy atom. The van der Waals surface area contributed by atoms with E-state index < -0.39 is 41.9 Å². The molecular weight excluding hydrogens is 672 g/mol. The topological polar surface area (TPSA) is 320 Å². The Bertz CT molecular complexity index is 1220. The van der Waals surface area contributed by atoms with E-state index in [0.29, 0.717) is 64.7 Å². The lowest BCUT2D eigenvalue weighted by Crippen LogP contribution is -2.53. The second-order valence-electron chi connectivity index (χ2n) is 12.5. The number of amides is 5. The molecule has 18 nitrogen and oxygen atoms in total. The largest absolute Gasteiger partial charge is 0.381 e. The van der Waals surface area contributed by atoms with E-state index in [1.165, 1.54) is 0 Å². The van der Waals surface area contributed by atoms with Crippen molar-refractivity contribution < 1.29 is 29.1 Å². The monoisotopic (exact) mass is 734 g/mol. The van der Waals surface area contributed by atoms with Gasteiger partial charge in [0.2, 0.25) is 29.5 Å². The number of rotatable bonds is 30. The number of nitrogens with two attached hydrogens (primary N) is 5. The lowest BCUT2D eigenvalue weighted by atomic mass is 10.1. The zero-order valence-corrected chi connectivity index (χ0v) is 30.2. The van der Waals surface area contributed by atoms with Crippen molar-refractivity contribution in [1.82, 2.24) is 31.9 Å². The minimum absolute atomic E-state index is 0.0161. The molecule has 0 aromatic heterocycles. The minimum Gasteiger partial charge on any atom is -0.381 e. The predicted molar refractivity (Wildman–Crippen MR) is 200 cm³/mol. The summed E-state index contributed by atoms with van der Waals surface area (Å²) in [7, 11) is 0. The van der Waals surface area contributed by atoms with Gasteiger partial charge in [-0.2, -0.15) is 0 Å². The van der Waals surface area contributed by atoms with Crippen molar-refractivity contribution in [2.24, 2.45) is 33.7 Å². The smallest absolute Gasteiger partial charge is 0.243 e. The Morgan fingerprint density at radius 3 is 1.88 bits per heavy atom. The van der Waals surface area contributed by atoms with Gasteiger partial charge in [-0.25, -0.2) is 0 Å². The number of aliphatic hydroxyl groups is 1. The van der Waals surface area contributed by atoms with Crippen LogP contribution in [0, 0.1) is 0 Å². The van der Waals surface area contributed by atoms with Crippen molar-refractivity contribution in [3.05, 3.63) is 35.9 Å². The number of nitrogens with one attached hydrogen (secondary N) is 6. The molecule has 0 bridgehead atoms. The van der Waals surface area contributed by atoms with Gasteiger partial charge in [0, 0.05) is 26.2 Å². The van der Waals surface area contributed by atoms with Gasteiger partial charge in [0.05, 0.1) is 31.3 Å². The van der Waals surface area contributed by atoms with Crippen LogP contribution in [0.1, 0.15) is 69.8 Å². The van der Waals surface area contributed by atoms with E-state index in [-0.39, 0.29) is 37.3 Å². The number of nitrogens with zero attached hydrogens (tertiary/aromatic N) is 1. The number of aliphatic hydroxyl groups excluding tert-OH is 1. The predicted octanol–water partition coefficient (Wildman–Crippen LogP) is -3.13. The Labute approximate surface area is 306 Å². The second kappa shape index (κ2) is 28.3. The first-order valence-electron chi connectivity index (χ1n) is 18.0. The number of aliphatic imine (C=N–C) groups is 1. The van der Waals surface area contributed by atoms with Crippen molar-refractivity contribution >= 4 is 35.5 Å². The molecular formula is C34H62N12O6. The normalized spacial score (nSPS) is 13.2. The fourth-order valence-corrected chi connectivity index (χ4v) is 5.11. The molecule has 1 aromatic rings. The zero-order chi connectivity index (χ0) is 38.6. The summed E-state index contributed by atoms with van der Waals surface area (Å²) in [6, 6.07) is 6.04. The summed E-state index contributed by atoms with van der Waals surface area (Å²) in [5.41, 5.74) is 28.6. The van der Waals surface area contributed by atoms with Crippen LogP contribution in [-0.2, 0) is 30.4 Å². The SMILES string of the molecule is NC(=O)C[C@H](NC(=O)[C@@H](N)Cc1ccccc1)C(=O)NCCCCCNC(=O)C(CCCCNCCCNC(=O)[C@@H](N)CCCN=C(N)N)NCO. The van der Waals surface area contributed by atoms with E-state index in [1.54, 1.807) is 0 Å². The molecule has 0 fully saturated rings. The van der Waals surface area contributed by atoms with E-state index >= 15 is 0 Å². The van der Waals surface area contributed by atoms with Gasteiger partial charge < -0.3 is 60.4 Å². The van der Waals surface area contributed by atoms with Crippen molar-refractivity contribution in [2.45, 2.75) is 94.8 Å². The first kappa shape index (κ1) is 45.7. The van der Waals surface area contributed by atoms with Gasteiger partial charge in [-0.15, -0.1) is 0 Å². The molecule has 17 N–H and O–H groups in total. The summed E-state index contributed by atoms with van der Waals surface area (Å²) >= 11 is 0. The first-order chi connectivity index (χ1) is 24.9. The third-order valence-corrected chi connectivity index (χ3v) is 8.01. The Morgan fingerprint density at radius 2 is 1.25 bits per heavy atom. The van der Waals surface area contributed by atoms with Crippen LogP contribution in [0.2, 0.25) is 0 Å². The summed E-state index contributed by atoms with van der Waals surface area (Å²) in [5.74, 6) is -2.20. The van der Waals surface area contributed by atoms with Gasteiger partial charge in [-0.3, -0.25) is 34.3 Å². The van der Waals surface area contributed by atoms with Crippen molar-refractivity contribution in [1.29, 1.82) is 0 Å². The van der Waals surface area contributed by atoms with Crippen molar-refractivity contribution in [3.8, 4) is 0 Å². The maximum atomic E-state index is 12.7. The molecule has 0 heterocycles. The minimum atomic E-state index is -1.14. The molecule has 0 radical (unpaired) electrons. The molecule has 0 aliphatic rings. The molecule has 0 aliphatic carbocycles. The number of guanidine groups is 1. The maximum absolute atomic E-state index is 12.7. The highest BCUT2D eigenvalue weighted by Gasteiger charge is 2.25. The number of primary amides is 1. The maximum Gasteiger partial charge on any atom is 0.243 e. The molecule has 1 aromatic carbocycles. The van der Waals surface area contributed by atoms with Gasteiger partial charge in [-0.05, 0) is 76.4 Å². The van der Waals surface area contributed by atoms with Gasteiger partial charge in [0.15, 0.2) is 5.96 Å². The molecule has 294 valence electrons. The van der Waals surface area contributed by atoms with Crippen molar-refractivity contribution in [2.75, 3.05) is 46.0 Å². The highest BCUT2D eigenvalue weighted by molar-refractivity contribution is 5.93. The van der Waals surface area contributed by atoms with Crippen LogP contribution >= 0.6 is 0 Å². The van der Waals surface area contributed by atoms with Crippen LogP contribution in [0.3, 0.4) is 0 Å². The van der Waals surface area contributed by atoms with E-state index in [2.05, 4.69) is 36.9 Å². The lowest BCUT2D eigenvalue weighted by Gasteiger charge is -2.20. The Balaban J connectivity index is 2.20. The van der Waals surface area contributed by atoms with E-state index in [4.69, 9.17) is 28.7 Å². The fraction of sp³-hybridized carbons (Fsp3) is 0.647. The Hall–Kier alpha value is -4.36. The molecule has 0 spiro atoms. The molecule has 0 saturated heterocycles. The first-order valence-corrected chi connectivity index (χ1v) is 18.0. The van der Waals surface area contributed by atoms with Crippen LogP contribution in [0.25, 0.3) is 0 Å². The van der Waals surface area contributed by atoms with Gasteiger partial charge in [0.25, 0.3) is 0 Å². The van der Waals surface area contributed by atoms with Gasteiger partial charge in [0.1, 0.15) is 6.04 Å². The number of hydrogen-bond donors (Lipinski definition) is 12. The molecule has 1 rings (SSSR count). The molecule has 0 aliphatic heterocycles. The summed E-state index contributed by atoms with van der Waals surface area (Å²) in [5, 5.41) is 26.4. The van der Waals surface area contributed by atoms with Gasteiger partial charge in [-0.1, -0.05) is 36.8 Å². The average molecular weight is 735 g/mol. The van der Waals surface area contributed by atoms with Crippen molar-refractivity contribution in [3.63, 3.8) is 0 Å². The molecule has 5 amide bonds. The number of benzene rings is 1. The number of hydrogen-bond acceptors (Lipinski definition) is 11. The summed E-state index contributed by atoms with van der Waals surface area (Å²) in [4.78, 5) is 65.4. The van der Waals surface area contributed by atoms with Crippen LogP contribution < -0.4 is 60.6 Å². The molecule has 0 saturated carbocycles. The number of carbonyl (C=O) groups excluding carboxylic acids is 5. The van der Waals surface area contributed by atoms with Crippen LogP contribution in [0.15, 0.2) is 35.3 Å². The fourth-order valence-electron chi connectivity index (χ4n) is 5.11. The van der Waals surface area contributed by atoms with Crippen LogP contribution in [-0.4, -0.2) is 111 Å². The van der Waals surface area contributed by atoms with Crippen LogP contribution in [0.4, 0.5) is 0 Å².